The van der Waals surface area contributed by atoms with Crippen LogP contribution in [-0.2, 0) is 10.2 Å². The second-order valence-electron chi connectivity index (χ2n) is 4.04. The van der Waals surface area contributed by atoms with Gasteiger partial charge in [-0.15, -0.1) is 0 Å². The summed E-state index contributed by atoms with van der Waals surface area (Å²) in [4.78, 5) is 6.34. The third-order valence-electron chi connectivity index (χ3n) is 2.84. The maximum atomic E-state index is 11.5. The predicted octanol–water partition coefficient (Wildman–Crippen LogP) is -0.0857. The number of likely N-dealkylation sites (N-methyl/N-ethyl adjacent to an activating group) is 1. The van der Waals surface area contributed by atoms with Gasteiger partial charge in [-0.3, -0.25) is 0 Å². The van der Waals surface area contributed by atoms with E-state index < -0.39 is 10.2 Å². The highest BCUT2D eigenvalue weighted by molar-refractivity contribution is 7.87. The lowest BCUT2D eigenvalue weighted by Gasteiger charge is -2.20. The topological polar surface area (TPSA) is 67.2 Å². The lowest BCUT2D eigenvalue weighted by molar-refractivity contribution is 0.370. The fourth-order valence-electron chi connectivity index (χ4n) is 1.71. The van der Waals surface area contributed by atoms with Crippen LogP contribution in [0.15, 0.2) is 18.6 Å². The molecule has 94 valence electrons. The Bertz CT molecular complexity index is 532. The summed E-state index contributed by atoms with van der Waals surface area (Å²) >= 11 is 0. The Balaban J connectivity index is 2.25. The summed E-state index contributed by atoms with van der Waals surface area (Å²) in [5.41, 5.74) is 1.84. The molecule has 0 radical (unpaired) electrons. The zero-order valence-electron chi connectivity index (χ0n) is 9.92. The first kappa shape index (κ1) is 12.3. The Labute approximate surface area is 101 Å². The molecule has 1 aromatic rings. The van der Waals surface area contributed by atoms with Gasteiger partial charge in [0.25, 0.3) is 0 Å². The van der Waals surface area contributed by atoms with Crippen LogP contribution in [-0.4, -0.2) is 49.5 Å². The summed E-state index contributed by atoms with van der Waals surface area (Å²) in [6.07, 6.45) is 5.85. The van der Waals surface area contributed by atoms with Crippen LogP contribution in [0, 0.1) is 0 Å². The van der Waals surface area contributed by atoms with E-state index in [-0.39, 0.29) is 0 Å². The SMILES string of the molecule is CNS(=O)(=O)n1cnc(C2=CCN(C)CC2)c1. The fourth-order valence-corrected chi connectivity index (χ4v) is 2.33. The molecule has 0 amide bonds. The van der Waals surface area contributed by atoms with Gasteiger partial charge in [-0.1, -0.05) is 6.08 Å². The van der Waals surface area contributed by atoms with Gasteiger partial charge in [0, 0.05) is 26.3 Å². The number of aromatic nitrogens is 2. The van der Waals surface area contributed by atoms with E-state index in [1.54, 1.807) is 6.20 Å². The van der Waals surface area contributed by atoms with Crippen molar-refractivity contribution in [2.75, 3.05) is 27.2 Å². The molecule has 2 heterocycles. The van der Waals surface area contributed by atoms with Gasteiger partial charge < -0.3 is 4.90 Å². The quantitative estimate of drug-likeness (QED) is 0.821. The van der Waals surface area contributed by atoms with Crippen LogP contribution in [0.5, 0.6) is 0 Å². The molecule has 17 heavy (non-hydrogen) atoms. The lowest BCUT2D eigenvalue weighted by Crippen LogP contribution is -2.25. The molecule has 0 spiro atoms. The van der Waals surface area contributed by atoms with E-state index in [4.69, 9.17) is 0 Å². The molecule has 1 aliphatic heterocycles. The van der Waals surface area contributed by atoms with Crippen LogP contribution in [0.1, 0.15) is 12.1 Å². The summed E-state index contributed by atoms with van der Waals surface area (Å²) in [6, 6.07) is 0. The number of rotatable bonds is 3. The number of imidazole rings is 1. The van der Waals surface area contributed by atoms with E-state index in [9.17, 15) is 8.42 Å². The highest BCUT2D eigenvalue weighted by Gasteiger charge is 2.15. The smallest absolute Gasteiger partial charge is 0.302 e. The molecule has 6 nitrogen and oxygen atoms in total. The highest BCUT2D eigenvalue weighted by atomic mass is 32.2. The minimum Gasteiger partial charge on any atom is -0.302 e. The molecule has 0 fully saturated rings. The minimum absolute atomic E-state index is 0.733. The Morgan fingerprint density at radius 3 is 2.82 bits per heavy atom. The monoisotopic (exact) mass is 256 g/mol. The molecule has 0 saturated carbocycles. The normalized spacial score (nSPS) is 18.1. The summed E-state index contributed by atoms with van der Waals surface area (Å²) in [5, 5.41) is 0. The van der Waals surface area contributed by atoms with Crippen molar-refractivity contribution >= 4 is 15.8 Å². The first-order valence-electron chi connectivity index (χ1n) is 5.39. The molecule has 1 aliphatic rings. The second-order valence-corrected chi connectivity index (χ2v) is 5.82. The molecule has 0 unspecified atom stereocenters. The van der Waals surface area contributed by atoms with Crippen molar-refractivity contribution in [1.29, 1.82) is 0 Å². The first-order chi connectivity index (χ1) is 8.03. The van der Waals surface area contributed by atoms with Crippen molar-refractivity contribution in [3.63, 3.8) is 0 Å². The minimum atomic E-state index is -3.46. The molecule has 7 heteroatoms. The molecule has 0 aliphatic carbocycles. The Morgan fingerprint density at radius 1 is 1.47 bits per heavy atom. The van der Waals surface area contributed by atoms with E-state index in [0.29, 0.717) is 0 Å². The standard InChI is InChI=1S/C10H16N4O2S/c1-11-17(15,16)14-7-10(12-8-14)9-3-5-13(2)6-4-9/h3,7-8,11H,4-6H2,1-2H3. The Hall–Kier alpha value is -1.18. The molecular weight excluding hydrogens is 240 g/mol. The van der Waals surface area contributed by atoms with Gasteiger partial charge in [0.1, 0.15) is 6.33 Å². The van der Waals surface area contributed by atoms with Crippen molar-refractivity contribution in [3.8, 4) is 0 Å². The van der Waals surface area contributed by atoms with Crippen molar-refractivity contribution in [2.45, 2.75) is 6.42 Å². The van der Waals surface area contributed by atoms with Gasteiger partial charge in [0.2, 0.25) is 0 Å². The zero-order valence-corrected chi connectivity index (χ0v) is 10.7. The second kappa shape index (κ2) is 4.59. The van der Waals surface area contributed by atoms with Gasteiger partial charge in [-0.2, -0.15) is 8.42 Å². The van der Waals surface area contributed by atoms with Crippen molar-refractivity contribution in [2.24, 2.45) is 0 Å². The van der Waals surface area contributed by atoms with Gasteiger partial charge in [0.15, 0.2) is 0 Å². The average Bonchev–Trinajstić information content (AvgIpc) is 2.80. The summed E-state index contributed by atoms with van der Waals surface area (Å²) in [5.74, 6) is 0. The van der Waals surface area contributed by atoms with E-state index in [1.807, 2.05) is 0 Å². The molecule has 0 saturated heterocycles. The van der Waals surface area contributed by atoms with Crippen LogP contribution < -0.4 is 4.72 Å². The van der Waals surface area contributed by atoms with Crippen LogP contribution in [0.4, 0.5) is 0 Å². The van der Waals surface area contributed by atoms with Crippen LogP contribution in [0.2, 0.25) is 0 Å². The molecule has 0 atom stereocenters. The number of nitrogens with one attached hydrogen (secondary N) is 1. The molecule has 1 N–H and O–H groups in total. The fraction of sp³-hybridized carbons (Fsp3) is 0.500. The maximum Gasteiger partial charge on any atom is 0.305 e. The molecule has 0 aromatic carbocycles. The third kappa shape index (κ3) is 2.56. The van der Waals surface area contributed by atoms with Crippen molar-refractivity contribution < 1.29 is 8.42 Å². The summed E-state index contributed by atoms with van der Waals surface area (Å²) < 4.78 is 26.4. The van der Waals surface area contributed by atoms with Crippen molar-refractivity contribution in [3.05, 3.63) is 24.3 Å². The lowest BCUT2D eigenvalue weighted by atomic mass is 10.1. The van der Waals surface area contributed by atoms with Crippen LogP contribution in [0.3, 0.4) is 0 Å². The van der Waals surface area contributed by atoms with Gasteiger partial charge in [0.05, 0.1) is 5.69 Å². The average molecular weight is 256 g/mol. The van der Waals surface area contributed by atoms with E-state index >= 15 is 0 Å². The Kier molecular flexibility index (Phi) is 3.32. The van der Waals surface area contributed by atoms with Crippen LogP contribution >= 0.6 is 0 Å². The first-order valence-corrected chi connectivity index (χ1v) is 6.83. The number of nitrogens with zero attached hydrogens (tertiary/aromatic N) is 3. The largest absolute Gasteiger partial charge is 0.305 e. The molecule has 1 aromatic heterocycles. The predicted molar refractivity (Wildman–Crippen MR) is 65.7 cm³/mol. The number of hydrogen-bond acceptors (Lipinski definition) is 4. The highest BCUT2D eigenvalue weighted by Crippen LogP contribution is 2.20. The maximum absolute atomic E-state index is 11.5. The van der Waals surface area contributed by atoms with E-state index in [1.165, 1.54) is 13.4 Å². The number of hydrogen-bond donors (Lipinski definition) is 1. The van der Waals surface area contributed by atoms with Gasteiger partial charge in [-0.05, 0) is 19.0 Å². The summed E-state index contributed by atoms with van der Waals surface area (Å²) in [6.45, 7) is 1.85. The van der Waals surface area contributed by atoms with Crippen LogP contribution in [0.25, 0.3) is 5.57 Å². The van der Waals surface area contributed by atoms with Gasteiger partial charge in [-0.25, -0.2) is 13.7 Å². The zero-order chi connectivity index (χ0) is 12.5. The summed E-state index contributed by atoms with van der Waals surface area (Å²) in [7, 11) is -0.0285. The molecule has 0 bridgehead atoms. The molecule has 2 rings (SSSR count). The van der Waals surface area contributed by atoms with E-state index in [2.05, 4.69) is 27.7 Å². The van der Waals surface area contributed by atoms with E-state index in [0.717, 1.165) is 34.7 Å². The molecular formula is C10H16N4O2S. The van der Waals surface area contributed by atoms with Gasteiger partial charge >= 0.3 is 10.2 Å². The van der Waals surface area contributed by atoms with Crippen molar-refractivity contribution in [1.82, 2.24) is 18.6 Å². The Morgan fingerprint density at radius 2 is 2.24 bits per heavy atom. The third-order valence-corrected chi connectivity index (χ3v) is 4.11.